The Morgan fingerprint density at radius 1 is 1.20 bits per heavy atom. The van der Waals surface area contributed by atoms with Gasteiger partial charge in [0.25, 0.3) is 0 Å². The Morgan fingerprint density at radius 3 is 3.00 bits per heavy atom. The molecule has 1 aliphatic carbocycles. The summed E-state index contributed by atoms with van der Waals surface area (Å²) >= 11 is 3.46. The zero-order valence-electron chi connectivity index (χ0n) is 13.9. The highest BCUT2D eigenvalue weighted by molar-refractivity contribution is 9.10. The molecular weight excluding hydrogens is 378 g/mol. The lowest BCUT2D eigenvalue weighted by Gasteiger charge is -2.19. The fourth-order valence-electron chi connectivity index (χ4n) is 3.34. The summed E-state index contributed by atoms with van der Waals surface area (Å²) in [5, 5.41) is 3.27. The lowest BCUT2D eigenvalue weighted by Crippen LogP contribution is -2.24. The minimum absolute atomic E-state index is 0.428. The van der Waals surface area contributed by atoms with Gasteiger partial charge in [0.2, 0.25) is 0 Å². The van der Waals surface area contributed by atoms with E-state index in [0.29, 0.717) is 12.5 Å². The van der Waals surface area contributed by atoms with Gasteiger partial charge in [0.05, 0.1) is 12.2 Å². The molecule has 25 heavy (non-hydrogen) atoms. The topological polar surface area (TPSA) is 67.7 Å². The number of nitrogens with zero attached hydrogens (tertiary/aromatic N) is 3. The molecule has 5 nitrogen and oxygen atoms in total. The number of aliphatic imine (C=N–C) groups is 1. The molecule has 0 spiro atoms. The monoisotopic (exact) mass is 397 g/mol. The zero-order valence-corrected chi connectivity index (χ0v) is 15.5. The fraction of sp³-hybridized carbons (Fsp3) is 0.263. The predicted molar refractivity (Wildman–Crippen MR) is 105 cm³/mol. The maximum Gasteiger partial charge on any atom is 0.193 e. The number of imidazole rings is 1. The number of guanidine groups is 1. The molecule has 0 amide bonds. The summed E-state index contributed by atoms with van der Waals surface area (Å²) in [5.41, 5.74) is 11.8. The molecule has 2 heterocycles. The smallest absolute Gasteiger partial charge is 0.193 e. The van der Waals surface area contributed by atoms with E-state index in [2.05, 4.69) is 49.4 Å². The van der Waals surface area contributed by atoms with Crippen LogP contribution in [-0.4, -0.2) is 15.3 Å². The first-order valence-corrected chi connectivity index (χ1v) is 9.29. The average molecular weight is 398 g/mol. The van der Waals surface area contributed by atoms with Crippen LogP contribution >= 0.6 is 15.9 Å². The number of nitrogens with one attached hydrogen (secondary N) is 1. The largest absolute Gasteiger partial charge is 0.370 e. The number of aryl methyl sites for hydroxylation is 1. The molecule has 3 aromatic rings. The number of pyridine rings is 1. The Kier molecular flexibility index (Phi) is 4.44. The second-order valence-corrected chi connectivity index (χ2v) is 7.24. The second-order valence-electron chi connectivity index (χ2n) is 6.32. The first-order chi connectivity index (χ1) is 12.2. The van der Waals surface area contributed by atoms with Crippen molar-refractivity contribution < 1.29 is 0 Å². The van der Waals surface area contributed by atoms with Gasteiger partial charge in [-0.1, -0.05) is 12.1 Å². The van der Waals surface area contributed by atoms with E-state index in [4.69, 9.17) is 5.73 Å². The van der Waals surface area contributed by atoms with Gasteiger partial charge in [-0.25, -0.2) is 9.98 Å². The number of aromatic nitrogens is 2. The van der Waals surface area contributed by atoms with Crippen LogP contribution in [0.15, 0.2) is 52.2 Å². The Morgan fingerprint density at radius 2 is 2.08 bits per heavy atom. The Labute approximate surface area is 155 Å². The van der Waals surface area contributed by atoms with Crippen LogP contribution in [0, 0.1) is 0 Å². The Bertz CT molecular complexity index is 944. The van der Waals surface area contributed by atoms with E-state index in [-0.39, 0.29) is 0 Å². The SMILES string of the molecule is NC(=NCc1cn2cc(Br)ccc2n1)Nc1cccc2c1CCCC2. The number of fused-ring (bicyclic) bond motifs is 2. The van der Waals surface area contributed by atoms with E-state index in [1.165, 1.54) is 24.0 Å². The Balaban J connectivity index is 1.50. The van der Waals surface area contributed by atoms with Crippen molar-refractivity contribution in [2.45, 2.75) is 32.2 Å². The summed E-state index contributed by atoms with van der Waals surface area (Å²) in [6.45, 7) is 0.452. The van der Waals surface area contributed by atoms with Gasteiger partial charge in [0.15, 0.2) is 5.96 Å². The average Bonchev–Trinajstić information content (AvgIpc) is 3.02. The molecule has 0 unspecified atom stereocenters. The molecule has 0 saturated carbocycles. The third-order valence-electron chi connectivity index (χ3n) is 4.53. The van der Waals surface area contributed by atoms with Crippen molar-refractivity contribution in [2.24, 2.45) is 10.7 Å². The summed E-state index contributed by atoms with van der Waals surface area (Å²) in [4.78, 5) is 9.01. The van der Waals surface area contributed by atoms with Crippen LogP contribution in [0.4, 0.5) is 5.69 Å². The molecular formula is C19H20BrN5. The molecule has 1 aliphatic rings. The number of anilines is 1. The van der Waals surface area contributed by atoms with Crippen LogP contribution in [-0.2, 0) is 19.4 Å². The third-order valence-corrected chi connectivity index (χ3v) is 5.00. The van der Waals surface area contributed by atoms with Crippen LogP contribution in [0.2, 0.25) is 0 Å². The molecule has 0 atom stereocenters. The molecule has 0 bridgehead atoms. The number of hydrogen-bond acceptors (Lipinski definition) is 2. The van der Waals surface area contributed by atoms with Gasteiger partial charge in [0.1, 0.15) is 5.65 Å². The van der Waals surface area contributed by atoms with Gasteiger partial charge in [-0.2, -0.15) is 0 Å². The fourth-order valence-corrected chi connectivity index (χ4v) is 3.69. The number of halogens is 1. The number of benzene rings is 1. The standard InChI is InChI=1S/C19H20BrN5/c20-14-8-9-18-23-15(12-25(18)11-14)10-22-19(21)24-17-7-3-5-13-4-1-2-6-16(13)17/h3,5,7-9,11-12H,1-2,4,6,10H2,(H3,21,22,24). The normalized spacial score (nSPS) is 14.5. The molecule has 0 radical (unpaired) electrons. The van der Waals surface area contributed by atoms with Crippen LogP contribution in [0.1, 0.15) is 29.7 Å². The zero-order chi connectivity index (χ0) is 17.2. The molecule has 1 aromatic carbocycles. The van der Waals surface area contributed by atoms with Crippen molar-refractivity contribution in [2.75, 3.05) is 5.32 Å². The first kappa shape index (κ1) is 16.1. The molecule has 4 rings (SSSR count). The van der Waals surface area contributed by atoms with Gasteiger partial charge < -0.3 is 15.5 Å². The van der Waals surface area contributed by atoms with E-state index >= 15 is 0 Å². The van der Waals surface area contributed by atoms with Crippen molar-refractivity contribution in [1.82, 2.24) is 9.38 Å². The molecule has 2 aromatic heterocycles. The molecule has 0 saturated heterocycles. The van der Waals surface area contributed by atoms with Crippen molar-refractivity contribution >= 4 is 33.2 Å². The van der Waals surface area contributed by atoms with E-state index in [0.717, 1.165) is 34.3 Å². The molecule has 0 aliphatic heterocycles. The maximum atomic E-state index is 6.10. The van der Waals surface area contributed by atoms with Crippen molar-refractivity contribution in [3.8, 4) is 0 Å². The lowest BCUT2D eigenvalue weighted by atomic mass is 9.90. The molecule has 128 valence electrons. The van der Waals surface area contributed by atoms with Gasteiger partial charge in [-0.15, -0.1) is 0 Å². The van der Waals surface area contributed by atoms with Crippen LogP contribution in [0.25, 0.3) is 5.65 Å². The predicted octanol–water partition coefficient (Wildman–Crippen LogP) is 3.90. The summed E-state index contributed by atoms with van der Waals surface area (Å²) < 4.78 is 2.99. The van der Waals surface area contributed by atoms with Crippen LogP contribution in [0.3, 0.4) is 0 Å². The van der Waals surface area contributed by atoms with Crippen molar-refractivity contribution in [3.05, 3.63) is 64.0 Å². The summed E-state index contributed by atoms with van der Waals surface area (Å²) in [7, 11) is 0. The van der Waals surface area contributed by atoms with Crippen molar-refractivity contribution in [1.29, 1.82) is 0 Å². The number of hydrogen-bond donors (Lipinski definition) is 2. The van der Waals surface area contributed by atoms with Gasteiger partial charge in [0, 0.05) is 22.6 Å². The van der Waals surface area contributed by atoms with Crippen LogP contribution < -0.4 is 11.1 Å². The highest BCUT2D eigenvalue weighted by atomic mass is 79.9. The lowest BCUT2D eigenvalue weighted by molar-refractivity contribution is 0.687. The highest BCUT2D eigenvalue weighted by Gasteiger charge is 2.13. The van der Waals surface area contributed by atoms with Crippen molar-refractivity contribution in [3.63, 3.8) is 0 Å². The molecule has 3 N–H and O–H groups in total. The van der Waals surface area contributed by atoms with Gasteiger partial charge >= 0.3 is 0 Å². The van der Waals surface area contributed by atoms with E-state index in [1.54, 1.807) is 0 Å². The van der Waals surface area contributed by atoms with Gasteiger partial charge in [-0.05, 0) is 70.9 Å². The minimum atomic E-state index is 0.428. The number of nitrogens with two attached hydrogens (primary N) is 1. The van der Waals surface area contributed by atoms with E-state index < -0.39 is 0 Å². The van der Waals surface area contributed by atoms with Gasteiger partial charge in [-0.3, -0.25) is 0 Å². The van der Waals surface area contributed by atoms with E-state index in [1.807, 2.05) is 28.9 Å². The summed E-state index contributed by atoms with van der Waals surface area (Å²) in [6.07, 6.45) is 8.71. The molecule has 0 fully saturated rings. The second kappa shape index (κ2) is 6.88. The number of rotatable bonds is 3. The quantitative estimate of drug-likeness (QED) is 0.520. The first-order valence-electron chi connectivity index (χ1n) is 8.50. The molecule has 6 heteroatoms. The van der Waals surface area contributed by atoms with Crippen LogP contribution in [0.5, 0.6) is 0 Å². The minimum Gasteiger partial charge on any atom is -0.370 e. The highest BCUT2D eigenvalue weighted by Crippen LogP contribution is 2.27. The summed E-state index contributed by atoms with van der Waals surface area (Å²) in [6, 6.07) is 10.3. The summed E-state index contributed by atoms with van der Waals surface area (Å²) in [5.74, 6) is 0.428. The third kappa shape index (κ3) is 3.54. The van der Waals surface area contributed by atoms with E-state index in [9.17, 15) is 0 Å². The maximum absolute atomic E-state index is 6.10. The Hall–Kier alpha value is -2.34.